The lowest BCUT2D eigenvalue weighted by molar-refractivity contribution is -0.385. The van der Waals surface area contributed by atoms with Crippen molar-refractivity contribution < 1.29 is 18.1 Å². The maximum absolute atomic E-state index is 12.7. The minimum Gasteiger partial charge on any atom is -0.258 e. The standard InChI is InChI=1S/C22H16F3N5O3/c1-14-12-15(2-11-20(14)30(32)33)13-28-21(31)29(27-26-28)19-9-5-17(6-10-19)16-3-7-18(8-4-16)22(23,24)25/h2-12H,13H2,1H3. The quantitative estimate of drug-likeness (QED) is 0.329. The van der Waals surface area contributed by atoms with Crippen molar-refractivity contribution in [1.29, 1.82) is 0 Å². The van der Waals surface area contributed by atoms with Crippen LogP contribution < -0.4 is 5.69 Å². The molecule has 0 atom stereocenters. The number of hydrogen-bond acceptors (Lipinski definition) is 5. The van der Waals surface area contributed by atoms with E-state index in [0.717, 1.165) is 21.5 Å². The first-order valence-corrected chi connectivity index (χ1v) is 9.68. The number of alkyl halides is 3. The summed E-state index contributed by atoms with van der Waals surface area (Å²) in [7, 11) is 0. The molecular weight excluding hydrogens is 439 g/mol. The van der Waals surface area contributed by atoms with Gasteiger partial charge in [-0.05, 0) is 64.4 Å². The van der Waals surface area contributed by atoms with Gasteiger partial charge in [0, 0.05) is 11.6 Å². The molecule has 0 amide bonds. The predicted octanol–water partition coefficient (Wildman–Crippen LogP) is 4.38. The summed E-state index contributed by atoms with van der Waals surface area (Å²) in [6.07, 6.45) is -4.40. The molecule has 0 unspecified atom stereocenters. The second-order valence-electron chi connectivity index (χ2n) is 7.33. The van der Waals surface area contributed by atoms with Gasteiger partial charge < -0.3 is 0 Å². The molecule has 0 aliphatic heterocycles. The molecule has 0 saturated heterocycles. The van der Waals surface area contributed by atoms with E-state index < -0.39 is 22.4 Å². The normalized spacial score (nSPS) is 11.5. The van der Waals surface area contributed by atoms with Gasteiger partial charge in [0.05, 0.1) is 22.7 Å². The van der Waals surface area contributed by atoms with Gasteiger partial charge in [0.2, 0.25) is 0 Å². The third-order valence-electron chi connectivity index (χ3n) is 5.09. The number of nitrogens with zero attached hydrogens (tertiary/aromatic N) is 5. The van der Waals surface area contributed by atoms with Crippen LogP contribution in [0.5, 0.6) is 0 Å². The Kier molecular flexibility index (Phi) is 5.54. The van der Waals surface area contributed by atoms with Crippen LogP contribution in [0.1, 0.15) is 16.7 Å². The predicted molar refractivity (Wildman–Crippen MR) is 113 cm³/mol. The number of benzene rings is 3. The SMILES string of the molecule is Cc1cc(Cn2nnn(-c3ccc(-c4ccc(C(F)(F)F)cc4)cc3)c2=O)ccc1[N+](=O)[O-]. The molecule has 0 bridgehead atoms. The van der Waals surface area contributed by atoms with E-state index in [1.807, 2.05) is 0 Å². The van der Waals surface area contributed by atoms with Crippen molar-refractivity contribution in [2.45, 2.75) is 19.6 Å². The second-order valence-corrected chi connectivity index (χ2v) is 7.33. The minimum absolute atomic E-state index is 0.0112. The highest BCUT2D eigenvalue weighted by molar-refractivity contribution is 5.65. The molecule has 0 aliphatic carbocycles. The van der Waals surface area contributed by atoms with Gasteiger partial charge in [-0.25, -0.2) is 4.79 Å². The Bertz CT molecular complexity index is 1370. The molecule has 4 aromatic rings. The molecule has 0 spiro atoms. The Labute approximate surface area is 184 Å². The van der Waals surface area contributed by atoms with E-state index in [1.165, 1.54) is 18.2 Å². The van der Waals surface area contributed by atoms with Crippen LogP contribution in [0.4, 0.5) is 18.9 Å². The maximum Gasteiger partial charge on any atom is 0.416 e. The van der Waals surface area contributed by atoms with Crippen molar-refractivity contribution in [2.75, 3.05) is 0 Å². The summed E-state index contributed by atoms with van der Waals surface area (Å²) in [6.45, 7) is 1.70. The summed E-state index contributed by atoms with van der Waals surface area (Å²) in [5, 5.41) is 18.7. The van der Waals surface area contributed by atoms with E-state index in [2.05, 4.69) is 10.4 Å². The van der Waals surface area contributed by atoms with Gasteiger partial charge >= 0.3 is 11.9 Å². The highest BCUT2D eigenvalue weighted by atomic mass is 19.4. The molecule has 4 rings (SSSR count). The summed E-state index contributed by atoms with van der Waals surface area (Å²) >= 11 is 0. The zero-order valence-corrected chi connectivity index (χ0v) is 17.2. The molecule has 0 saturated carbocycles. The number of rotatable bonds is 5. The average molecular weight is 455 g/mol. The van der Waals surface area contributed by atoms with E-state index in [4.69, 9.17) is 0 Å². The molecule has 8 nitrogen and oxygen atoms in total. The first-order valence-electron chi connectivity index (χ1n) is 9.68. The topological polar surface area (TPSA) is 95.8 Å². The summed E-state index contributed by atoms with van der Waals surface area (Å²) in [6, 6.07) is 15.9. The van der Waals surface area contributed by atoms with Crippen LogP contribution in [0, 0.1) is 17.0 Å². The lowest BCUT2D eigenvalue weighted by Crippen LogP contribution is -2.24. The van der Waals surface area contributed by atoms with Crippen LogP contribution in [0.3, 0.4) is 0 Å². The molecule has 0 fully saturated rings. The molecule has 0 aliphatic rings. The van der Waals surface area contributed by atoms with Crippen LogP contribution in [-0.2, 0) is 12.7 Å². The van der Waals surface area contributed by atoms with Gasteiger partial charge in [-0.3, -0.25) is 10.1 Å². The highest BCUT2D eigenvalue weighted by Gasteiger charge is 2.29. The number of aryl methyl sites for hydroxylation is 1. The molecule has 0 N–H and O–H groups in total. The largest absolute Gasteiger partial charge is 0.416 e. The first-order chi connectivity index (χ1) is 15.6. The molecule has 0 radical (unpaired) electrons. The van der Waals surface area contributed by atoms with Gasteiger partial charge in [0.15, 0.2) is 0 Å². The van der Waals surface area contributed by atoms with E-state index in [0.29, 0.717) is 27.9 Å². The number of nitro benzene ring substituents is 1. The van der Waals surface area contributed by atoms with Gasteiger partial charge in [-0.2, -0.15) is 22.5 Å². The summed E-state index contributed by atoms with van der Waals surface area (Å²) in [5.74, 6) is 0. The molecular formula is C22H16F3N5O3. The number of aromatic nitrogens is 4. The van der Waals surface area contributed by atoms with Gasteiger partial charge in [0.1, 0.15) is 0 Å². The number of nitro groups is 1. The maximum atomic E-state index is 12.7. The monoisotopic (exact) mass is 455 g/mol. The molecule has 1 heterocycles. The summed E-state index contributed by atoms with van der Waals surface area (Å²) in [4.78, 5) is 23.2. The lowest BCUT2D eigenvalue weighted by atomic mass is 10.0. The number of hydrogen-bond donors (Lipinski definition) is 0. The van der Waals surface area contributed by atoms with Gasteiger partial charge in [-0.1, -0.05) is 30.3 Å². The zero-order chi connectivity index (χ0) is 23.8. The van der Waals surface area contributed by atoms with Crippen LogP contribution >= 0.6 is 0 Å². The van der Waals surface area contributed by atoms with Crippen molar-refractivity contribution in [3.8, 4) is 16.8 Å². The zero-order valence-electron chi connectivity index (χ0n) is 17.2. The van der Waals surface area contributed by atoms with Crippen molar-refractivity contribution in [2.24, 2.45) is 0 Å². The van der Waals surface area contributed by atoms with Crippen LogP contribution in [0.15, 0.2) is 71.5 Å². The molecule has 11 heteroatoms. The van der Waals surface area contributed by atoms with Crippen molar-refractivity contribution in [3.63, 3.8) is 0 Å². The molecule has 168 valence electrons. The Balaban J connectivity index is 1.54. The fraction of sp³-hybridized carbons (Fsp3) is 0.136. The minimum atomic E-state index is -4.40. The summed E-state index contributed by atoms with van der Waals surface area (Å²) < 4.78 is 40.4. The molecule has 1 aromatic heterocycles. The highest BCUT2D eigenvalue weighted by Crippen LogP contribution is 2.31. The second kappa shape index (κ2) is 8.34. The Morgan fingerprint density at radius 2 is 1.55 bits per heavy atom. The Morgan fingerprint density at radius 1 is 0.939 bits per heavy atom. The van der Waals surface area contributed by atoms with Crippen LogP contribution in [0.2, 0.25) is 0 Å². The summed E-state index contributed by atoms with van der Waals surface area (Å²) in [5.41, 5.74) is 1.59. The number of halogens is 3. The van der Waals surface area contributed by atoms with E-state index in [-0.39, 0.29) is 12.2 Å². The van der Waals surface area contributed by atoms with E-state index in [9.17, 15) is 28.1 Å². The molecule has 33 heavy (non-hydrogen) atoms. The van der Waals surface area contributed by atoms with E-state index in [1.54, 1.807) is 43.3 Å². The number of tetrazole rings is 1. The first kappa shape index (κ1) is 21.9. The lowest BCUT2D eigenvalue weighted by Gasteiger charge is -2.08. The Morgan fingerprint density at radius 3 is 2.09 bits per heavy atom. The van der Waals surface area contributed by atoms with Crippen LogP contribution in [0.25, 0.3) is 16.8 Å². The van der Waals surface area contributed by atoms with Crippen molar-refractivity contribution in [1.82, 2.24) is 19.8 Å². The smallest absolute Gasteiger partial charge is 0.258 e. The molecule has 3 aromatic carbocycles. The average Bonchev–Trinajstić information content (AvgIpc) is 3.13. The van der Waals surface area contributed by atoms with Crippen LogP contribution in [-0.4, -0.2) is 24.7 Å². The van der Waals surface area contributed by atoms with Gasteiger partial charge in [-0.15, -0.1) is 0 Å². The van der Waals surface area contributed by atoms with Crippen molar-refractivity contribution >= 4 is 5.69 Å². The third-order valence-corrected chi connectivity index (χ3v) is 5.09. The van der Waals surface area contributed by atoms with E-state index >= 15 is 0 Å². The third kappa shape index (κ3) is 4.52. The fourth-order valence-corrected chi connectivity index (χ4v) is 3.38. The fourth-order valence-electron chi connectivity index (χ4n) is 3.38. The van der Waals surface area contributed by atoms with Gasteiger partial charge in [0.25, 0.3) is 5.69 Å². The van der Waals surface area contributed by atoms with Crippen molar-refractivity contribution in [3.05, 3.63) is 104 Å². The Hall–Kier alpha value is -4.28.